The molecule has 0 bridgehead atoms. The zero-order valence-electron chi connectivity index (χ0n) is 9.10. The Kier molecular flexibility index (Phi) is 7.58. The first-order chi connectivity index (χ1) is 5.68. The van der Waals surface area contributed by atoms with E-state index in [1.165, 1.54) is 25.7 Å². The second-order valence-electron chi connectivity index (χ2n) is 4.06. The van der Waals surface area contributed by atoms with Gasteiger partial charge in [-0.1, -0.05) is 40.0 Å². The summed E-state index contributed by atoms with van der Waals surface area (Å²) >= 11 is 0. The molecule has 0 fully saturated rings. The molecule has 0 spiro atoms. The maximum absolute atomic E-state index is 5.00. The van der Waals surface area contributed by atoms with Gasteiger partial charge in [-0.2, -0.15) is 0 Å². The predicted octanol–water partition coefficient (Wildman–Crippen LogP) is 3.49. The Morgan fingerprint density at radius 2 is 1.67 bits per heavy atom. The van der Waals surface area contributed by atoms with E-state index in [1.807, 2.05) is 0 Å². The van der Waals surface area contributed by atoms with Gasteiger partial charge in [-0.25, -0.2) is 0 Å². The topological polar surface area (TPSA) is 9.23 Å². The molecule has 0 aromatic rings. The minimum absolute atomic E-state index is 0.840. The van der Waals surface area contributed by atoms with Crippen LogP contribution >= 0.6 is 0 Å². The minimum atomic E-state index is 0.840. The lowest BCUT2D eigenvalue weighted by Crippen LogP contribution is -2.03. The van der Waals surface area contributed by atoms with E-state index in [9.17, 15) is 0 Å². The van der Waals surface area contributed by atoms with E-state index in [-0.39, 0.29) is 0 Å². The van der Waals surface area contributed by atoms with Crippen molar-refractivity contribution in [3.05, 3.63) is 0 Å². The van der Waals surface area contributed by atoms with Crippen molar-refractivity contribution in [1.29, 1.82) is 0 Å². The summed E-state index contributed by atoms with van der Waals surface area (Å²) < 4.78 is 5.00. The molecule has 0 aliphatic rings. The first-order valence-corrected chi connectivity index (χ1v) is 5.17. The van der Waals surface area contributed by atoms with Gasteiger partial charge in [0.05, 0.1) is 0 Å². The second kappa shape index (κ2) is 7.60. The molecule has 1 heteroatoms. The van der Waals surface area contributed by atoms with Crippen molar-refractivity contribution in [2.45, 2.75) is 46.5 Å². The number of unbranched alkanes of at least 4 members (excludes halogenated alkanes) is 2. The molecule has 0 aliphatic heterocycles. The first-order valence-electron chi connectivity index (χ1n) is 5.17. The Morgan fingerprint density at radius 1 is 1.00 bits per heavy atom. The Labute approximate surface area is 77.5 Å². The van der Waals surface area contributed by atoms with Gasteiger partial charge in [0.25, 0.3) is 0 Å². The van der Waals surface area contributed by atoms with Crippen LogP contribution < -0.4 is 0 Å². The monoisotopic (exact) mass is 172 g/mol. The SMILES string of the molecule is COCCCCCC(C)C(C)C. The highest BCUT2D eigenvalue weighted by molar-refractivity contribution is 4.57. The Hall–Kier alpha value is -0.0400. The lowest BCUT2D eigenvalue weighted by atomic mass is 9.92. The minimum Gasteiger partial charge on any atom is -0.385 e. The maximum atomic E-state index is 5.00. The van der Waals surface area contributed by atoms with Gasteiger partial charge in [0, 0.05) is 13.7 Å². The van der Waals surface area contributed by atoms with Crippen molar-refractivity contribution < 1.29 is 4.74 Å². The molecule has 1 unspecified atom stereocenters. The highest BCUT2D eigenvalue weighted by Crippen LogP contribution is 2.17. The van der Waals surface area contributed by atoms with Crippen LogP contribution in [0.3, 0.4) is 0 Å². The fraction of sp³-hybridized carbons (Fsp3) is 1.00. The molecule has 0 aliphatic carbocycles. The fourth-order valence-corrected chi connectivity index (χ4v) is 1.22. The van der Waals surface area contributed by atoms with Crippen LogP contribution in [0.1, 0.15) is 46.5 Å². The van der Waals surface area contributed by atoms with E-state index >= 15 is 0 Å². The summed E-state index contributed by atoms with van der Waals surface area (Å²) in [6.07, 6.45) is 5.29. The maximum Gasteiger partial charge on any atom is 0.0462 e. The van der Waals surface area contributed by atoms with Crippen molar-refractivity contribution in [1.82, 2.24) is 0 Å². The van der Waals surface area contributed by atoms with Gasteiger partial charge >= 0.3 is 0 Å². The van der Waals surface area contributed by atoms with Gasteiger partial charge in [-0.05, 0) is 18.3 Å². The quantitative estimate of drug-likeness (QED) is 0.534. The molecule has 1 atom stereocenters. The number of rotatable bonds is 7. The van der Waals surface area contributed by atoms with E-state index < -0.39 is 0 Å². The van der Waals surface area contributed by atoms with E-state index in [4.69, 9.17) is 4.74 Å². The molecule has 0 saturated heterocycles. The van der Waals surface area contributed by atoms with Crippen molar-refractivity contribution in [2.75, 3.05) is 13.7 Å². The Morgan fingerprint density at radius 3 is 2.17 bits per heavy atom. The second-order valence-corrected chi connectivity index (χ2v) is 4.06. The van der Waals surface area contributed by atoms with Crippen LogP contribution in [0, 0.1) is 11.8 Å². The molecule has 0 aromatic carbocycles. The number of hydrogen-bond acceptors (Lipinski definition) is 1. The van der Waals surface area contributed by atoms with Crippen LogP contribution in [-0.4, -0.2) is 13.7 Å². The van der Waals surface area contributed by atoms with Gasteiger partial charge in [-0.15, -0.1) is 0 Å². The van der Waals surface area contributed by atoms with Crippen molar-refractivity contribution in [3.63, 3.8) is 0 Å². The summed E-state index contributed by atoms with van der Waals surface area (Å²) in [7, 11) is 1.77. The Balaban J connectivity index is 3.08. The van der Waals surface area contributed by atoms with Gasteiger partial charge in [0.2, 0.25) is 0 Å². The molecule has 1 nitrogen and oxygen atoms in total. The third-order valence-corrected chi connectivity index (χ3v) is 2.65. The highest BCUT2D eigenvalue weighted by atomic mass is 16.5. The van der Waals surface area contributed by atoms with Gasteiger partial charge in [0.1, 0.15) is 0 Å². The van der Waals surface area contributed by atoms with E-state index in [0.29, 0.717) is 0 Å². The summed E-state index contributed by atoms with van der Waals surface area (Å²) in [5.74, 6) is 1.72. The van der Waals surface area contributed by atoms with Crippen LogP contribution in [0.2, 0.25) is 0 Å². The summed E-state index contributed by atoms with van der Waals surface area (Å²) in [6, 6.07) is 0. The standard InChI is InChI=1S/C11H24O/c1-10(2)11(3)8-6-5-7-9-12-4/h10-11H,5-9H2,1-4H3. The molecule has 0 N–H and O–H groups in total. The zero-order valence-corrected chi connectivity index (χ0v) is 9.10. The van der Waals surface area contributed by atoms with Gasteiger partial charge in [-0.3, -0.25) is 0 Å². The molecule has 0 radical (unpaired) electrons. The third-order valence-electron chi connectivity index (χ3n) is 2.65. The normalized spacial score (nSPS) is 13.8. The summed E-state index contributed by atoms with van der Waals surface area (Å²) in [5.41, 5.74) is 0. The zero-order chi connectivity index (χ0) is 9.40. The van der Waals surface area contributed by atoms with Crippen molar-refractivity contribution >= 4 is 0 Å². The predicted molar refractivity (Wildman–Crippen MR) is 54.3 cm³/mol. The van der Waals surface area contributed by atoms with Gasteiger partial charge in [0.15, 0.2) is 0 Å². The Bertz CT molecular complexity index is 89.0. The average Bonchev–Trinajstić information content (AvgIpc) is 2.03. The summed E-state index contributed by atoms with van der Waals surface area (Å²) in [4.78, 5) is 0. The molecule has 12 heavy (non-hydrogen) atoms. The molecular formula is C11H24O. The molecule has 0 amide bonds. The molecule has 0 rings (SSSR count). The largest absolute Gasteiger partial charge is 0.385 e. The molecule has 0 heterocycles. The third kappa shape index (κ3) is 6.66. The number of ether oxygens (including phenoxy) is 1. The number of methoxy groups -OCH3 is 1. The van der Waals surface area contributed by atoms with Crippen molar-refractivity contribution in [2.24, 2.45) is 11.8 Å². The molecule has 74 valence electrons. The highest BCUT2D eigenvalue weighted by Gasteiger charge is 2.05. The van der Waals surface area contributed by atoms with Crippen LogP contribution in [0.4, 0.5) is 0 Å². The molecule has 0 saturated carbocycles. The van der Waals surface area contributed by atoms with Crippen LogP contribution in [0.15, 0.2) is 0 Å². The molecular weight excluding hydrogens is 148 g/mol. The van der Waals surface area contributed by atoms with Gasteiger partial charge < -0.3 is 4.74 Å². The van der Waals surface area contributed by atoms with E-state index in [1.54, 1.807) is 7.11 Å². The summed E-state index contributed by atoms with van der Waals surface area (Å²) in [5, 5.41) is 0. The molecule has 0 aromatic heterocycles. The van der Waals surface area contributed by atoms with Crippen LogP contribution in [-0.2, 0) is 4.74 Å². The van der Waals surface area contributed by atoms with Crippen LogP contribution in [0.5, 0.6) is 0 Å². The lowest BCUT2D eigenvalue weighted by molar-refractivity contribution is 0.191. The fourth-order valence-electron chi connectivity index (χ4n) is 1.22. The number of hydrogen-bond donors (Lipinski definition) is 0. The van der Waals surface area contributed by atoms with E-state index in [2.05, 4.69) is 20.8 Å². The average molecular weight is 172 g/mol. The van der Waals surface area contributed by atoms with E-state index in [0.717, 1.165) is 18.4 Å². The first kappa shape index (κ1) is 12.0. The smallest absolute Gasteiger partial charge is 0.0462 e. The van der Waals surface area contributed by atoms with Crippen LogP contribution in [0.25, 0.3) is 0 Å². The van der Waals surface area contributed by atoms with Crippen molar-refractivity contribution in [3.8, 4) is 0 Å². The summed E-state index contributed by atoms with van der Waals surface area (Å²) in [6.45, 7) is 7.89. The lowest BCUT2D eigenvalue weighted by Gasteiger charge is -2.14.